The van der Waals surface area contributed by atoms with Gasteiger partial charge in [-0.2, -0.15) is 0 Å². The van der Waals surface area contributed by atoms with Crippen LogP contribution in [0.25, 0.3) is 10.9 Å². The molecule has 32 heavy (non-hydrogen) atoms. The number of aryl methyl sites for hydroxylation is 2. The van der Waals surface area contributed by atoms with E-state index in [4.69, 9.17) is 11.6 Å². The Bertz CT molecular complexity index is 1330. The number of hydrogen-bond donors (Lipinski definition) is 2. The van der Waals surface area contributed by atoms with Crippen molar-refractivity contribution in [3.8, 4) is 0 Å². The zero-order valence-corrected chi connectivity index (χ0v) is 18.6. The molecular weight excluding hydrogens is 425 g/mol. The molecule has 3 aromatic carbocycles. The van der Waals surface area contributed by atoms with E-state index >= 15 is 0 Å². The van der Waals surface area contributed by atoms with Gasteiger partial charge in [0, 0.05) is 33.9 Å². The van der Waals surface area contributed by atoms with Gasteiger partial charge in [0.05, 0.1) is 6.04 Å². The van der Waals surface area contributed by atoms with Crippen molar-refractivity contribution in [1.82, 2.24) is 9.88 Å². The highest BCUT2D eigenvalue weighted by Gasteiger charge is 2.34. The number of rotatable bonds is 2. The number of hydrogen-bond acceptors (Lipinski definition) is 1. The van der Waals surface area contributed by atoms with Crippen LogP contribution in [0.1, 0.15) is 34.0 Å². The van der Waals surface area contributed by atoms with Crippen molar-refractivity contribution in [3.05, 3.63) is 99.5 Å². The summed E-state index contributed by atoms with van der Waals surface area (Å²) < 4.78 is 13.7. The van der Waals surface area contributed by atoms with Gasteiger partial charge < -0.3 is 15.2 Å². The maximum Gasteiger partial charge on any atom is 0.322 e. The van der Waals surface area contributed by atoms with E-state index in [2.05, 4.69) is 10.3 Å². The fraction of sp³-hybridized carbons (Fsp3) is 0.192. The molecule has 5 rings (SSSR count). The monoisotopic (exact) mass is 447 g/mol. The highest BCUT2D eigenvalue weighted by molar-refractivity contribution is 6.31. The number of anilines is 1. The molecule has 6 heteroatoms. The van der Waals surface area contributed by atoms with E-state index in [1.165, 1.54) is 12.1 Å². The number of benzene rings is 3. The van der Waals surface area contributed by atoms with Gasteiger partial charge in [0.15, 0.2) is 0 Å². The van der Waals surface area contributed by atoms with Crippen molar-refractivity contribution in [2.75, 3.05) is 11.9 Å². The van der Waals surface area contributed by atoms with E-state index in [0.717, 1.165) is 44.5 Å². The number of H-pyrrole nitrogens is 1. The molecule has 0 spiro atoms. The average molecular weight is 448 g/mol. The number of carbonyl (C=O) groups excluding carboxylic acids is 1. The standard InChI is InChI=1S/C26H23ClFN3O/c1-15-3-9-22(16(2)13-15)30-26(32)31-12-11-20-21-14-18(27)6-10-23(21)29-24(20)25(31)17-4-7-19(28)8-5-17/h3-10,13-14,25,29H,11-12H2,1-2H3,(H,30,32). The molecule has 0 aliphatic carbocycles. The van der Waals surface area contributed by atoms with Crippen LogP contribution < -0.4 is 5.32 Å². The average Bonchev–Trinajstić information content (AvgIpc) is 3.13. The van der Waals surface area contributed by atoms with E-state index in [1.54, 1.807) is 12.1 Å². The van der Waals surface area contributed by atoms with Gasteiger partial charge in [-0.25, -0.2) is 9.18 Å². The summed E-state index contributed by atoms with van der Waals surface area (Å²) >= 11 is 6.25. The second kappa shape index (κ2) is 7.99. The smallest absolute Gasteiger partial charge is 0.322 e. The molecule has 0 saturated carbocycles. The molecule has 2 amide bonds. The molecule has 0 bridgehead atoms. The molecule has 162 valence electrons. The normalized spacial score (nSPS) is 15.6. The molecule has 0 saturated heterocycles. The first-order valence-corrected chi connectivity index (χ1v) is 11.0. The van der Waals surface area contributed by atoms with Gasteiger partial charge in [-0.05, 0) is 73.4 Å². The molecule has 0 fully saturated rings. The molecule has 1 aliphatic heterocycles. The van der Waals surface area contributed by atoms with E-state index < -0.39 is 0 Å². The van der Waals surface area contributed by atoms with Gasteiger partial charge in [-0.3, -0.25) is 0 Å². The van der Waals surface area contributed by atoms with Gasteiger partial charge >= 0.3 is 6.03 Å². The zero-order chi connectivity index (χ0) is 22.4. The third-order valence-corrected chi connectivity index (χ3v) is 6.39. The summed E-state index contributed by atoms with van der Waals surface area (Å²) in [5, 5.41) is 4.81. The van der Waals surface area contributed by atoms with Gasteiger partial charge in [0.1, 0.15) is 5.82 Å². The summed E-state index contributed by atoms with van der Waals surface area (Å²) in [6, 6.07) is 17.5. The zero-order valence-electron chi connectivity index (χ0n) is 17.9. The lowest BCUT2D eigenvalue weighted by atomic mass is 9.92. The van der Waals surface area contributed by atoms with Crippen LogP contribution >= 0.6 is 11.6 Å². The molecule has 0 radical (unpaired) electrons. The minimum atomic E-state index is -0.365. The lowest BCUT2D eigenvalue weighted by Gasteiger charge is -2.36. The number of halogens is 2. The van der Waals surface area contributed by atoms with Crippen LogP contribution in [-0.2, 0) is 6.42 Å². The lowest BCUT2D eigenvalue weighted by molar-refractivity contribution is 0.193. The molecule has 1 unspecified atom stereocenters. The van der Waals surface area contributed by atoms with Crippen LogP contribution in [0, 0.1) is 19.7 Å². The van der Waals surface area contributed by atoms with Crippen LogP contribution in [0.5, 0.6) is 0 Å². The number of amides is 2. The Labute approximate surface area is 191 Å². The van der Waals surface area contributed by atoms with Crippen LogP contribution in [0.2, 0.25) is 5.02 Å². The van der Waals surface area contributed by atoms with Crippen LogP contribution in [-0.4, -0.2) is 22.5 Å². The summed E-state index contributed by atoms with van der Waals surface area (Å²) in [6.07, 6.45) is 0.702. The number of fused-ring (bicyclic) bond motifs is 3. The number of nitrogens with one attached hydrogen (secondary N) is 2. The molecule has 1 aliphatic rings. The van der Waals surface area contributed by atoms with Gasteiger partial charge in [0.25, 0.3) is 0 Å². The second-order valence-electron chi connectivity index (χ2n) is 8.35. The summed E-state index contributed by atoms with van der Waals surface area (Å²) in [7, 11) is 0. The first-order valence-electron chi connectivity index (χ1n) is 10.6. The van der Waals surface area contributed by atoms with Crippen molar-refractivity contribution < 1.29 is 9.18 Å². The van der Waals surface area contributed by atoms with E-state index in [1.807, 2.05) is 55.1 Å². The Hall–Kier alpha value is -3.31. The summed E-state index contributed by atoms with van der Waals surface area (Å²) in [4.78, 5) is 18.8. The predicted molar refractivity (Wildman–Crippen MR) is 127 cm³/mol. The lowest BCUT2D eigenvalue weighted by Crippen LogP contribution is -2.43. The second-order valence-corrected chi connectivity index (χ2v) is 8.79. The first kappa shape index (κ1) is 20.6. The molecule has 1 atom stereocenters. The van der Waals surface area contributed by atoms with Gasteiger partial charge in [0.2, 0.25) is 0 Å². The number of carbonyl (C=O) groups is 1. The van der Waals surface area contributed by atoms with Crippen molar-refractivity contribution >= 4 is 34.2 Å². The molecule has 2 N–H and O–H groups in total. The first-order chi connectivity index (χ1) is 15.4. The number of aromatic amines is 1. The maximum absolute atomic E-state index is 13.7. The maximum atomic E-state index is 13.7. The van der Waals surface area contributed by atoms with E-state index in [0.29, 0.717) is 18.0 Å². The van der Waals surface area contributed by atoms with Crippen molar-refractivity contribution in [1.29, 1.82) is 0 Å². The Morgan fingerprint density at radius 1 is 1.09 bits per heavy atom. The van der Waals surface area contributed by atoms with Crippen molar-refractivity contribution in [3.63, 3.8) is 0 Å². The Kier molecular flexibility index (Phi) is 5.14. The Morgan fingerprint density at radius 3 is 2.62 bits per heavy atom. The number of aromatic nitrogens is 1. The van der Waals surface area contributed by atoms with Gasteiger partial charge in [-0.1, -0.05) is 41.4 Å². The third-order valence-electron chi connectivity index (χ3n) is 6.16. The minimum absolute atomic E-state index is 0.186. The molecule has 1 aromatic heterocycles. The molecule has 4 nitrogen and oxygen atoms in total. The Balaban J connectivity index is 1.58. The fourth-order valence-corrected chi connectivity index (χ4v) is 4.78. The van der Waals surface area contributed by atoms with Crippen molar-refractivity contribution in [2.45, 2.75) is 26.3 Å². The third kappa shape index (κ3) is 3.63. The molecular formula is C26H23ClFN3O. The largest absolute Gasteiger partial charge is 0.356 e. The highest BCUT2D eigenvalue weighted by Crippen LogP contribution is 2.39. The highest BCUT2D eigenvalue weighted by atomic mass is 35.5. The summed E-state index contributed by atoms with van der Waals surface area (Å²) in [6.45, 7) is 4.54. The van der Waals surface area contributed by atoms with E-state index in [-0.39, 0.29) is 17.9 Å². The Morgan fingerprint density at radius 2 is 1.88 bits per heavy atom. The van der Waals surface area contributed by atoms with Gasteiger partial charge in [-0.15, -0.1) is 0 Å². The summed E-state index contributed by atoms with van der Waals surface area (Å²) in [5.41, 5.74) is 6.85. The quantitative estimate of drug-likeness (QED) is 0.350. The van der Waals surface area contributed by atoms with Crippen LogP contribution in [0.4, 0.5) is 14.9 Å². The van der Waals surface area contributed by atoms with Crippen molar-refractivity contribution in [2.24, 2.45) is 0 Å². The SMILES string of the molecule is Cc1ccc(NC(=O)N2CCc3c([nH]c4ccc(Cl)cc34)C2c2ccc(F)cc2)c(C)c1. The van der Waals surface area contributed by atoms with Crippen LogP contribution in [0.15, 0.2) is 60.7 Å². The van der Waals surface area contributed by atoms with Crippen LogP contribution in [0.3, 0.4) is 0 Å². The topological polar surface area (TPSA) is 48.1 Å². The van der Waals surface area contributed by atoms with E-state index in [9.17, 15) is 9.18 Å². The minimum Gasteiger partial charge on any atom is -0.356 e. The number of nitrogens with zero attached hydrogens (tertiary/aromatic N) is 1. The molecule has 4 aromatic rings. The summed E-state index contributed by atoms with van der Waals surface area (Å²) in [5.74, 6) is -0.306. The molecule has 2 heterocycles. The number of urea groups is 1. The fourth-order valence-electron chi connectivity index (χ4n) is 4.61. The predicted octanol–water partition coefficient (Wildman–Crippen LogP) is 6.76.